The van der Waals surface area contributed by atoms with E-state index < -0.39 is 15.5 Å². The predicted molar refractivity (Wildman–Crippen MR) is 100 cm³/mol. The van der Waals surface area contributed by atoms with Gasteiger partial charge < -0.3 is 10.6 Å². The zero-order chi connectivity index (χ0) is 20.6. The lowest BCUT2D eigenvalue weighted by Crippen LogP contribution is -2.45. The molecule has 2 rings (SSSR count). The molecule has 28 heavy (non-hydrogen) atoms. The summed E-state index contributed by atoms with van der Waals surface area (Å²) < 4.78 is 63.1. The summed E-state index contributed by atoms with van der Waals surface area (Å²) in [7, 11) is -5.23. The van der Waals surface area contributed by atoms with E-state index in [1.54, 1.807) is 6.20 Å². The maximum atomic E-state index is 12.6. The summed E-state index contributed by atoms with van der Waals surface area (Å²) in [4.78, 5) is 4.49. The molecular formula is C16H27F3N6O2S. The highest BCUT2D eigenvalue weighted by atomic mass is 32.2. The van der Waals surface area contributed by atoms with Crippen LogP contribution >= 0.6 is 0 Å². The first-order valence-electron chi connectivity index (χ1n) is 9.30. The Kier molecular flexibility index (Phi) is 8.10. The first kappa shape index (κ1) is 22.5. The second kappa shape index (κ2) is 10.1. The minimum Gasteiger partial charge on any atom is -0.357 e. The van der Waals surface area contributed by atoms with E-state index in [2.05, 4.69) is 20.7 Å². The third kappa shape index (κ3) is 6.36. The monoisotopic (exact) mass is 424 g/mol. The van der Waals surface area contributed by atoms with Gasteiger partial charge in [0.05, 0.1) is 0 Å². The number of guanidine groups is 1. The number of hydrogen-bond donors (Lipinski definition) is 2. The Labute approximate surface area is 163 Å². The number of piperidine rings is 1. The molecule has 1 fully saturated rings. The van der Waals surface area contributed by atoms with Gasteiger partial charge in [0, 0.05) is 51.7 Å². The summed E-state index contributed by atoms with van der Waals surface area (Å²) in [5, 5.41) is 10.5. The van der Waals surface area contributed by atoms with Gasteiger partial charge in [-0.25, -0.2) is 8.42 Å². The van der Waals surface area contributed by atoms with Crippen molar-refractivity contribution in [1.82, 2.24) is 24.7 Å². The van der Waals surface area contributed by atoms with Gasteiger partial charge in [-0.15, -0.1) is 0 Å². The molecule has 0 aliphatic carbocycles. The van der Waals surface area contributed by atoms with Gasteiger partial charge >= 0.3 is 15.5 Å². The lowest BCUT2D eigenvalue weighted by Gasteiger charge is -2.30. The fourth-order valence-electron chi connectivity index (χ4n) is 2.92. The van der Waals surface area contributed by atoms with E-state index >= 15 is 0 Å². The number of nitrogens with zero attached hydrogens (tertiary/aromatic N) is 4. The van der Waals surface area contributed by atoms with Crippen molar-refractivity contribution in [3.05, 3.63) is 18.5 Å². The minimum atomic E-state index is -5.24. The summed E-state index contributed by atoms with van der Waals surface area (Å²) in [5.41, 5.74) is -5.24. The summed E-state index contributed by atoms with van der Waals surface area (Å²) in [6, 6.07) is 1.87. The molecule has 0 spiro atoms. The van der Waals surface area contributed by atoms with Crippen LogP contribution in [0.1, 0.15) is 26.2 Å². The number of alkyl halides is 3. The minimum absolute atomic E-state index is 0.0548. The van der Waals surface area contributed by atoms with Crippen LogP contribution in [0.25, 0.3) is 0 Å². The number of rotatable bonds is 8. The van der Waals surface area contributed by atoms with Crippen LogP contribution in [0, 0.1) is 5.92 Å². The molecule has 2 N–H and O–H groups in total. The second-order valence-corrected chi connectivity index (χ2v) is 8.49. The number of sulfonamides is 1. The van der Waals surface area contributed by atoms with Gasteiger partial charge in [0.1, 0.15) is 0 Å². The van der Waals surface area contributed by atoms with Gasteiger partial charge in [0.25, 0.3) is 0 Å². The molecule has 2 heterocycles. The highest BCUT2D eigenvalue weighted by Crippen LogP contribution is 2.30. The Hall–Kier alpha value is -1.82. The number of halogens is 3. The maximum Gasteiger partial charge on any atom is 0.511 e. The van der Waals surface area contributed by atoms with Gasteiger partial charge in [-0.3, -0.25) is 9.67 Å². The molecule has 1 aliphatic heterocycles. The molecule has 8 nitrogen and oxygen atoms in total. The second-order valence-electron chi connectivity index (χ2n) is 6.56. The first-order valence-corrected chi connectivity index (χ1v) is 10.7. The molecule has 1 aliphatic rings. The third-order valence-corrected chi connectivity index (χ3v) is 6.10. The van der Waals surface area contributed by atoms with E-state index in [4.69, 9.17) is 0 Å². The molecule has 12 heteroatoms. The quantitative estimate of drug-likeness (QED) is 0.374. The van der Waals surface area contributed by atoms with Crippen molar-refractivity contribution in [2.24, 2.45) is 10.9 Å². The zero-order valence-corrected chi connectivity index (χ0v) is 16.6. The molecule has 0 saturated carbocycles. The van der Waals surface area contributed by atoms with E-state index in [1.165, 1.54) is 0 Å². The summed E-state index contributed by atoms with van der Waals surface area (Å²) >= 11 is 0. The Balaban J connectivity index is 1.77. The zero-order valence-electron chi connectivity index (χ0n) is 15.8. The highest BCUT2D eigenvalue weighted by Gasteiger charge is 2.50. The summed E-state index contributed by atoms with van der Waals surface area (Å²) in [6.45, 7) is 4.30. The Morgan fingerprint density at radius 2 is 2.00 bits per heavy atom. The number of aliphatic imine (C=N–C) groups is 1. The molecule has 0 atom stereocenters. The van der Waals surface area contributed by atoms with Crippen LogP contribution in [0.4, 0.5) is 13.2 Å². The number of aryl methyl sites for hydroxylation is 1. The number of hydrogen-bond acceptors (Lipinski definition) is 4. The van der Waals surface area contributed by atoms with Crippen LogP contribution in [-0.4, -0.2) is 66.7 Å². The SMILES string of the molecule is CCNC(=NCC1CCN(S(=O)(=O)C(F)(F)F)CC1)NCCCn1cccn1. The van der Waals surface area contributed by atoms with Crippen molar-refractivity contribution in [2.75, 3.05) is 32.7 Å². The maximum absolute atomic E-state index is 12.6. The van der Waals surface area contributed by atoms with E-state index in [1.807, 2.05) is 23.9 Å². The predicted octanol–water partition coefficient (Wildman–Crippen LogP) is 1.39. The standard InChI is InChI=1S/C16H27F3N6O2S/c1-2-20-15(21-7-3-9-24-10-4-8-23-24)22-13-14-5-11-25(12-6-14)28(26,27)16(17,18)19/h4,8,10,14H,2-3,5-7,9,11-13H2,1H3,(H2,20,21,22). The number of nitrogens with one attached hydrogen (secondary N) is 2. The van der Waals surface area contributed by atoms with E-state index in [9.17, 15) is 21.6 Å². The smallest absolute Gasteiger partial charge is 0.357 e. The topological polar surface area (TPSA) is 91.6 Å². The van der Waals surface area contributed by atoms with Crippen molar-refractivity contribution in [3.8, 4) is 0 Å². The molecular weight excluding hydrogens is 397 g/mol. The largest absolute Gasteiger partial charge is 0.511 e. The van der Waals surface area contributed by atoms with Crippen molar-refractivity contribution in [1.29, 1.82) is 0 Å². The average Bonchev–Trinajstić information content (AvgIpc) is 3.16. The van der Waals surface area contributed by atoms with Gasteiger partial charge in [0.2, 0.25) is 0 Å². The molecule has 1 aromatic heterocycles. The molecule has 160 valence electrons. The van der Waals surface area contributed by atoms with Crippen LogP contribution in [0.2, 0.25) is 0 Å². The van der Waals surface area contributed by atoms with Gasteiger partial charge in [-0.05, 0) is 38.2 Å². The van der Waals surface area contributed by atoms with Crippen LogP contribution in [0.15, 0.2) is 23.5 Å². The lowest BCUT2D eigenvalue weighted by atomic mass is 9.98. The average molecular weight is 424 g/mol. The van der Waals surface area contributed by atoms with Gasteiger partial charge in [-0.2, -0.15) is 22.6 Å². The Bertz CT molecular complexity index is 713. The molecule has 0 amide bonds. The Morgan fingerprint density at radius 1 is 1.29 bits per heavy atom. The molecule has 0 bridgehead atoms. The van der Waals surface area contributed by atoms with Crippen molar-refractivity contribution >= 4 is 16.0 Å². The first-order chi connectivity index (χ1) is 13.2. The fraction of sp³-hybridized carbons (Fsp3) is 0.750. The van der Waals surface area contributed by atoms with Crippen molar-refractivity contribution in [3.63, 3.8) is 0 Å². The van der Waals surface area contributed by atoms with Crippen LogP contribution in [-0.2, 0) is 16.6 Å². The van der Waals surface area contributed by atoms with Crippen LogP contribution in [0.3, 0.4) is 0 Å². The molecule has 1 aromatic rings. The molecule has 0 unspecified atom stereocenters. The molecule has 1 saturated heterocycles. The van der Waals surface area contributed by atoms with Gasteiger partial charge in [0.15, 0.2) is 5.96 Å². The van der Waals surface area contributed by atoms with Crippen molar-refractivity contribution in [2.45, 2.75) is 38.2 Å². The summed E-state index contributed by atoms with van der Waals surface area (Å²) in [5.74, 6) is 0.701. The van der Waals surface area contributed by atoms with Crippen LogP contribution < -0.4 is 10.6 Å². The molecule has 0 aromatic carbocycles. The Morgan fingerprint density at radius 3 is 2.57 bits per heavy atom. The summed E-state index contributed by atoms with van der Waals surface area (Å²) in [6.07, 6.45) is 5.20. The van der Waals surface area contributed by atoms with Crippen LogP contribution in [0.5, 0.6) is 0 Å². The molecule has 0 radical (unpaired) electrons. The highest BCUT2D eigenvalue weighted by molar-refractivity contribution is 7.90. The number of aromatic nitrogens is 2. The van der Waals surface area contributed by atoms with E-state index in [0.717, 1.165) is 13.0 Å². The van der Waals surface area contributed by atoms with E-state index in [0.29, 0.717) is 42.7 Å². The normalized spacial score (nSPS) is 17.6. The van der Waals surface area contributed by atoms with Crippen molar-refractivity contribution < 1.29 is 21.6 Å². The van der Waals surface area contributed by atoms with Gasteiger partial charge in [-0.1, -0.05) is 0 Å². The fourth-order valence-corrected chi connectivity index (χ4v) is 3.91. The van der Waals surface area contributed by atoms with E-state index in [-0.39, 0.29) is 19.0 Å². The lowest BCUT2D eigenvalue weighted by molar-refractivity contribution is -0.0496. The third-order valence-electron chi connectivity index (χ3n) is 4.47.